The molecule has 0 spiro atoms. The molecular formula is C7H13N3O3S. The number of rotatable bonds is 4. The SMILES string of the molecule is CNC(C)c1nc(CS(C)(=O)=O)no1. The van der Waals surface area contributed by atoms with Crippen molar-refractivity contribution in [2.75, 3.05) is 13.3 Å². The molecule has 14 heavy (non-hydrogen) atoms. The number of sulfone groups is 1. The van der Waals surface area contributed by atoms with E-state index < -0.39 is 9.84 Å². The standard InChI is InChI=1S/C7H13N3O3S/c1-5(8-2)7-9-6(10-13-7)4-14(3,11)12/h5,8H,4H2,1-3H3. The molecule has 0 fully saturated rings. The molecule has 80 valence electrons. The molecule has 1 heterocycles. The number of aromatic nitrogens is 2. The molecule has 1 unspecified atom stereocenters. The summed E-state index contributed by atoms with van der Waals surface area (Å²) in [5.41, 5.74) is 0. The summed E-state index contributed by atoms with van der Waals surface area (Å²) in [6.45, 7) is 1.84. The van der Waals surface area contributed by atoms with Gasteiger partial charge in [0, 0.05) is 6.26 Å². The lowest BCUT2D eigenvalue weighted by atomic mass is 10.3. The lowest BCUT2D eigenvalue weighted by Gasteiger charge is -2.01. The average molecular weight is 219 g/mol. The molecule has 0 radical (unpaired) electrons. The third-order valence-electron chi connectivity index (χ3n) is 1.68. The quantitative estimate of drug-likeness (QED) is 0.760. The summed E-state index contributed by atoms with van der Waals surface area (Å²) < 4.78 is 26.7. The molecule has 0 amide bonds. The zero-order valence-electron chi connectivity index (χ0n) is 8.31. The van der Waals surface area contributed by atoms with Crippen molar-refractivity contribution in [3.63, 3.8) is 0 Å². The summed E-state index contributed by atoms with van der Waals surface area (Å²) >= 11 is 0. The minimum absolute atomic E-state index is 0.0733. The van der Waals surface area contributed by atoms with Gasteiger partial charge in [0.25, 0.3) is 0 Å². The first-order chi connectivity index (χ1) is 6.42. The van der Waals surface area contributed by atoms with E-state index in [0.717, 1.165) is 6.26 Å². The van der Waals surface area contributed by atoms with Crippen LogP contribution in [0.1, 0.15) is 24.7 Å². The monoisotopic (exact) mass is 219 g/mol. The van der Waals surface area contributed by atoms with E-state index in [9.17, 15) is 8.42 Å². The lowest BCUT2D eigenvalue weighted by molar-refractivity contribution is 0.344. The first-order valence-corrected chi connectivity index (χ1v) is 6.16. The molecule has 0 saturated heterocycles. The Balaban J connectivity index is 2.79. The van der Waals surface area contributed by atoms with Gasteiger partial charge in [-0.3, -0.25) is 0 Å². The van der Waals surface area contributed by atoms with Gasteiger partial charge in [-0.2, -0.15) is 4.98 Å². The zero-order chi connectivity index (χ0) is 10.8. The molecule has 7 heteroatoms. The molecule has 1 aromatic heterocycles. The van der Waals surface area contributed by atoms with Crippen LogP contribution in [0.5, 0.6) is 0 Å². The van der Waals surface area contributed by atoms with Crippen LogP contribution in [-0.2, 0) is 15.6 Å². The van der Waals surface area contributed by atoms with Crippen LogP contribution in [0.15, 0.2) is 4.52 Å². The highest BCUT2D eigenvalue weighted by molar-refractivity contribution is 7.89. The molecule has 0 bridgehead atoms. The van der Waals surface area contributed by atoms with Gasteiger partial charge in [-0.15, -0.1) is 0 Å². The first-order valence-electron chi connectivity index (χ1n) is 4.10. The first kappa shape index (κ1) is 11.1. The second-order valence-corrected chi connectivity index (χ2v) is 5.27. The highest BCUT2D eigenvalue weighted by Gasteiger charge is 2.15. The number of nitrogens with zero attached hydrogens (tertiary/aromatic N) is 2. The van der Waals surface area contributed by atoms with Crippen molar-refractivity contribution in [3.05, 3.63) is 11.7 Å². The van der Waals surface area contributed by atoms with Crippen molar-refractivity contribution in [2.45, 2.75) is 18.7 Å². The van der Waals surface area contributed by atoms with E-state index in [1.54, 1.807) is 7.05 Å². The van der Waals surface area contributed by atoms with E-state index in [0.29, 0.717) is 5.89 Å². The highest BCUT2D eigenvalue weighted by atomic mass is 32.2. The largest absolute Gasteiger partial charge is 0.338 e. The van der Waals surface area contributed by atoms with Crippen LogP contribution in [0, 0.1) is 0 Å². The molecule has 1 rings (SSSR count). The van der Waals surface area contributed by atoms with Crippen LogP contribution in [0.25, 0.3) is 0 Å². The smallest absolute Gasteiger partial charge is 0.243 e. The van der Waals surface area contributed by atoms with E-state index in [2.05, 4.69) is 15.5 Å². The van der Waals surface area contributed by atoms with Crippen LogP contribution in [0.3, 0.4) is 0 Å². The third kappa shape index (κ3) is 3.08. The van der Waals surface area contributed by atoms with Crippen LogP contribution in [-0.4, -0.2) is 31.9 Å². The van der Waals surface area contributed by atoms with Crippen LogP contribution in [0.2, 0.25) is 0 Å². The minimum atomic E-state index is -3.10. The maximum absolute atomic E-state index is 10.9. The topological polar surface area (TPSA) is 85.1 Å². The summed E-state index contributed by atoms with van der Waals surface area (Å²) in [4.78, 5) is 3.95. The Morgan fingerprint density at radius 1 is 1.57 bits per heavy atom. The average Bonchev–Trinajstić information content (AvgIpc) is 2.48. The van der Waals surface area contributed by atoms with Crippen molar-refractivity contribution >= 4 is 9.84 Å². The van der Waals surface area contributed by atoms with Gasteiger partial charge >= 0.3 is 0 Å². The van der Waals surface area contributed by atoms with E-state index in [4.69, 9.17) is 4.52 Å². The summed E-state index contributed by atoms with van der Waals surface area (Å²) in [6.07, 6.45) is 1.13. The van der Waals surface area contributed by atoms with Crippen molar-refractivity contribution < 1.29 is 12.9 Å². The fourth-order valence-corrected chi connectivity index (χ4v) is 1.45. The normalized spacial score (nSPS) is 14.2. The maximum atomic E-state index is 10.9. The van der Waals surface area contributed by atoms with E-state index in [1.807, 2.05) is 6.92 Å². The molecule has 6 nitrogen and oxygen atoms in total. The van der Waals surface area contributed by atoms with Crippen LogP contribution >= 0.6 is 0 Å². The Hall–Kier alpha value is -0.950. The lowest BCUT2D eigenvalue weighted by Crippen LogP contribution is -2.12. The van der Waals surface area contributed by atoms with Gasteiger partial charge in [0.15, 0.2) is 15.7 Å². The molecule has 0 aromatic carbocycles. The molecule has 0 aliphatic carbocycles. The Labute approximate surface area is 82.6 Å². The fourth-order valence-electron chi connectivity index (χ4n) is 0.860. The van der Waals surface area contributed by atoms with E-state index in [1.165, 1.54) is 0 Å². The predicted octanol–water partition coefficient (Wildman–Crippen LogP) is -0.105. The molecule has 0 aliphatic heterocycles. The highest BCUT2D eigenvalue weighted by Crippen LogP contribution is 2.09. The zero-order valence-corrected chi connectivity index (χ0v) is 9.13. The van der Waals surface area contributed by atoms with Crippen molar-refractivity contribution in [1.29, 1.82) is 0 Å². The second-order valence-electron chi connectivity index (χ2n) is 3.13. The van der Waals surface area contributed by atoms with Gasteiger partial charge in [-0.1, -0.05) is 5.16 Å². The van der Waals surface area contributed by atoms with Crippen molar-refractivity contribution in [2.24, 2.45) is 0 Å². The number of hydrogen-bond donors (Lipinski definition) is 1. The minimum Gasteiger partial charge on any atom is -0.338 e. The van der Waals surface area contributed by atoms with Crippen molar-refractivity contribution in [1.82, 2.24) is 15.5 Å². The van der Waals surface area contributed by atoms with Gasteiger partial charge in [-0.05, 0) is 14.0 Å². The summed E-state index contributed by atoms with van der Waals surface area (Å²) in [6, 6.07) is -0.0733. The van der Waals surface area contributed by atoms with Gasteiger partial charge in [-0.25, -0.2) is 8.42 Å². The maximum Gasteiger partial charge on any atom is 0.243 e. The Morgan fingerprint density at radius 3 is 2.71 bits per heavy atom. The van der Waals surface area contributed by atoms with Gasteiger partial charge < -0.3 is 9.84 Å². The Morgan fingerprint density at radius 2 is 2.21 bits per heavy atom. The van der Waals surface area contributed by atoms with Crippen LogP contribution < -0.4 is 5.32 Å². The Kier molecular flexibility index (Phi) is 3.22. The molecule has 1 atom stereocenters. The molecule has 1 aromatic rings. The van der Waals surface area contributed by atoms with Gasteiger partial charge in [0.05, 0.1) is 6.04 Å². The molecule has 0 aliphatic rings. The molecular weight excluding hydrogens is 206 g/mol. The summed E-state index contributed by atoms with van der Waals surface area (Å²) in [7, 11) is -1.35. The van der Waals surface area contributed by atoms with Gasteiger partial charge in [0.2, 0.25) is 5.89 Å². The number of hydrogen-bond acceptors (Lipinski definition) is 6. The summed E-state index contributed by atoms with van der Waals surface area (Å²) in [5.74, 6) is 0.406. The number of nitrogens with one attached hydrogen (secondary N) is 1. The fraction of sp³-hybridized carbons (Fsp3) is 0.714. The van der Waals surface area contributed by atoms with E-state index in [-0.39, 0.29) is 17.6 Å². The van der Waals surface area contributed by atoms with E-state index >= 15 is 0 Å². The third-order valence-corrected chi connectivity index (χ3v) is 2.46. The molecule has 0 saturated carbocycles. The molecule has 1 N–H and O–H groups in total. The van der Waals surface area contributed by atoms with Gasteiger partial charge in [0.1, 0.15) is 5.75 Å². The predicted molar refractivity (Wildman–Crippen MR) is 50.3 cm³/mol. The summed E-state index contributed by atoms with van der Waals surface area (Å²) in [5, 5.41) is 6.48. The second kappa shape index (κ2) is 4.05. The van der Waals surface area contributed by atoms with Crippen LogP contribution in [0.4, 0.5) is 0 Å². The van der Waals surface area contributed by atoms with Crippen molar-refractivity contribution in [3.8, 4) is 0 Å². The Bertz CT molecular complexity index is 398.